The van der Waals surface area contributed by atoms with Gasteiger partial charge in [-0.3, -0.25) is 14.5 Å². The zero-order valence-electron chi connectivity index (χ0n) is 18.6. The van der Waals surface area contributed by atoms with Gasteiger partial charge in [-0.1, -0.05) is 59.7 Å². The number of carbonyl (C=O) groups excluding carboxylic acids is 2. The van der Waals surface area contributed by atoms with E-state index in [-0.39, 0.29) is 24.3 Å². The molecule has 4 rings (SSSR count). The van der Waals surface area contributed by atoms with Crippen LogP contribution in [-0.4, -0.2) is 29.2 Å². The monoisotopic (exact) mass is 459 g/mol. The Balaban J connectivity index is 1.35. The number of rotatable bonds is 8. The van der Waals surface area contributed by atoms with E-state index in [0.29, 0.717) is 23.0 Å². The van der Waals surface area contributed by atoms with E-state index in [0.717, 1.165) is 28.5 Å². The number of hydrogen-bond acceptors (Lipinski definition) is 5. The van der Waals surface area contributed by atoms with Gasteiger partial charge in [-0.25, -0.2) is 0 Å². The van der Waals surface area contributed by atoms with Gasteiger partial charge in [-0.2, -0.15) is 0 Å². The molecule has 3 aromatic rings. The lowest BCUT2D eigenvalue weighted by Gasteiger charge is -2.13. The minimum Gasteiger partial charge on any atom is -0.492 e. The van der Waals surface area contributed by atoms with Gasteiger partial charge in [0.25, 0.3) is 11.1 Å². The first-order chi connectivity index (χ1) is 16.0. The van der Waals surface area contributed by atoms with Crippen LogP contribution in [-0.2, 0) is 11.4 Å². The van der Waals surface area contributed by atoms with Crippen LogP contribution < -0.4 is 9.47 Å². The Morgan fingerprint density at radius 1 is 0.848 bits per heavy atom. The quantitative estimate of drug-likeness (QED) is 0.387. The van der Waals surface area contributed by atoms with E-state index >= 15 is 0 Å². The third-order valence-corrected chi connectivity index (χ3v) is 6.07. The highest BCUT2D eigenvalue weighted by molar-refractivity contribution is 8.18. The minimum atomic E-state index is -0.302. The highest BCUT2D eigenvalue weighted by Crippen LogP contribution is 2.32. The molecule has 0 atom stereocenters. The molecule has 33 heavy (non-hydrogen) atoms. The zero-order chi connectivity index (χ0) is 23.2. The van der Waals surface area contributed by atoms with Crippen molar-refractivity contribution in [1.82, 2.24) is 4.90 Å². The van der Waals surface area contributed by atoms with E-state index in [2.05, 4.69) is 12.1 Å². The van der Waals surface area contributed by atoms with Gasteiger partial charge in [0.2, 0.25) is 0 Å². The van der Waals surface area contributed by atoms with Crippen molar-refractivity contribution in [3.63, 3.8) is 0 Å². The van der Waals surface area contributed by atoms with E-state index in [1.54, 1.807) is 6.08 Å². The number of nitrogens with zero attached hydrogens (tertiary/aromatic N) is 1. The molecule has 0 N–H and O–H groups in total. The number of benzene rings is 3. The number of ether oxygens (including phenoxy) is 2. The summed E-state index contributed by atoms with van der Waals surface area (Å²) in [4.78, 5) is 26.7. The average molecular weight is 460 g/mol. The lowest BCUT2D eigenvalue weighted by molar-refractivity contribution is -0.123. The van der Waals surface area contributed by atoms with Crippen molar-refractivity contribution in [3.8, 4) is 11.5 Å². The number of aryl methyl sites for hydroxylation is 2. The first-order valence-electron chi connectivity index (χ1n) is 10.7. The van der Waals surface area contributed by atoms with Crippen LogP contribution in [0, 0.1) is 13.8 Å². The van der Waals surface area contributed by atoms with E-state index in [1.807, 2.05) is 74.5 Å². The van der Waals surface area contributed by atoms with E-state index in [1.165, 1.54) is 10.5 Å². The van der Waals surface area contributed by atoms with E-state index in [9.17, 15) is 9.59 Å². The summed E-state index contributed by atoms with van der Waals surface area (Å²) in [6.45, 7) is 4.96. The standard InChI is InChI=1S/C27H25NO4S/c1-19-6-10-21(11-7-19)18-32-24-5-3-4-22(16-24)17-25-26(29)28(27(30)33-25)14-15-31-23-12-8-20(2)9-13-23/h3-13,16-17H,14-15,18H2,1-2H3/b25-17-. The second-order valence-electron chi connectivity index (χ2n) is 7.84. The molecule has 3 aromatic carbocycles. The Bertz CT molecular complexity index is 1170. The molecule has 0 unspecified atom stereocenters. The summed E-state index contributed by atoms with van der Waals surface area (Å²) in [6.07, 6.45) is 1.73. The number of amides is 2. The van der Waals surface area contributed by atoms with Crippen LogP contribution in [0.25, 0.3) is 6.08 Å². The third kappa shape index (κ3) is 6.05. The fourth-order valence-electron chi connectivity index (χ4n) is 3.28. The topological polar surface area (TPSA) is 55.8 Å². The van der Waals surface area contributed by atoms with Crippen molar-refractivity contribution >= 4 is 29.0 Å². The maximum absolute atomic E-state index is 12.8. The molecular weight excluding hydrogens is 434 g/mol. The largest absolute Gasteiger partial charge is 0.492 e. The molecule has 0 bridgehead atoms. The number of imide groups is 1. The normalized spacial score (nSPS) is 14.7. The summed E-state index contributed by atoms with van der Waals surface area (Å²) in [6, 6.07) is 23.3. The Morgan fingerprint density at radius 2 is 1.55 bits per heavy atom. The fraction of sp³-hybridized carbons (Fsp3) is 0.185. The summed E-state index contributed by atoms with van der Waals surface area (Å²) in [5, 5.41) is -0.287. The predicted molar refractivity (Wildman–Crippen MR) is 131 cm³/mol. The van der Waals surface area contributed by atoms with Crippen molar-refractivity contribution in [3.05, 3.63) is 100.0 Å². The van der Waals surface area contributed by atoms with Gasteiger partial charge >= 0.3 is 0 Å². The molecule has 5 nitrogen and oxygen atoms in total. The lowest BCUT2D eigenvalue weighted by Crippen LogP contribution is -2.32. The Kier molecular flexibility index (Phi) is 7.15. The summed E-state index contributed by atoms with van der Waals surface area (Å²) < 4.78 is 11.6. The SMILES string of the molecule is Cc1ccc(COc2cccc(/C=C3\SC(=O)N(CCOc4ccc(C)cc4)C3=O)c2)cc1. The third-order valence-electron chi connectivity index (χ3n) is 5.16. The second-order valence-corrected chi connectivity index (χ2v) is 8.83. The summed E-state index contributed by atoms with van der Waals surface area (Å²) >= 11 is 0.944. The number of hydrogen-bond donors (Lipinski definition) is 0. The highest BCUT2D eigenvalue weighted by atomic mass is 32.2. The van der Waals surface area contributed by atoms with Gasteiger partial charge in [-0.15, -0.1) is 0 Å². The maximum atomic E-state index is 12.8. The summed E-state index contributed by atoms with van der Waals surface area (Å²) in [7, 11) is 0. The molecule has 6 heteroatoms. The van der Waals surface area contributed by atoms with E-state index in [4.69, 9.17) is 9.47 Å². The van der Waals surface area contributed by atoms with Gasteiger partial charge < -0.3 is 9.47 Å². The molecule has 1 aliphatic heterocycles. The Hall–Kier alpha value is -3.51. The molecule has 1 saturated heterocycles. The van der Waals surface area contributed by atoms with Crippen LogP contribution in [0.4, 0.5) is 4.79 Å². The zero-order valence-corrected chi connectivity index (χ0v) is 19.4. The first kappa shape index (κ1) is 22.7. The average Bonchev–Trinajstić information content (AvgIpc) is 3.07. The molecule has 1 aliphatic rings. The molecule has 0 aromatic heterocycles. The van der Waals surface area contributed by atoms with Crippen molar-refractivity contribution in [1.29, 1.82) is 0 Å². The summed E-state index contributed by atoms with van der Waals surface area (Å²) in [5.74, 6) is 1.11. The van der Waals surface area contributed by atoms with Crippen LogP contribution in [0.1, 0.15) is 22.3 Å². The van der Waals surface area contributed by atoms with Crippen molar-refractivity contribution in [2.75, 3.05) is 13.2 Å². The van der Waals surface area contributed by atoms with Crippen molar-refractivity contribution < 1.29 is 19.1 Å². The van der Waals surface area contributed by atoms with Gasteiger partial charge in [0.15, 0.2) is 0 Å². The van der Waals surface area contributed by atoms with Gasteiger partial charge in [-0.05, 0) is 67.1 Å². The molecule has 0 radical (unpaired) electrons. The van der Waals surface area contributed by atoms with Crippen LogP contribution in [0.15, 0.2) is 77.7 Å². The Labute approximate surface area is 198 Å². The maximum Gasteiger partial charge on any atom is 0.293 e. The first-order valence-corrected chi connectivity index (χ1v) is 11.5. The van der Waals surface area contributed by atoms with Gasteiger partial charge in [0.1, 0.15) is 24.7 Å². The smallest absolute Gasteiger partial charge is 0.293 e. The van der Waals surface area contributed by atoms with Gasteiger partial charge in [0, 0.05) is 0 Å². The molecule has 1 heterocycles. The second kappa shape index (κ2) is 10.4. The number of thioether (sulfide) groups is 1. The highest BCUT2D eigenvalue weighted by Gasteiger charge is 2.34. The number of carbonyl (C=O) groups is 2. The van der Waals surface area contributed by atoms with Crippen LogP contribution >= 0.6 is 11.8 Å². The predicted octanol–water partition coefficient (Wildman–Crippen LogP) is 6.00. The van der Waals surface area contributed by atoms with Gasteiger partial charge in [0.05, 0.1) is 11.4 Å². The van der Waals surface area contributed by atoms with Crippen molar-refractivity contribution in [2.45, 2.75) is 20.5 Å². The summed E-state index contributed by atoms with van der Waals surface area (Å²) in [5.41, 5.74) is 4.23. The lowest BCUT2D eigenvalue weighted by atomic mass is 10.1. The van der Waals surface area contributed by atoms with Crippen LogP contribution in [0.2, 0.25) is 0 Å². The van der Waals surface area contributed by atoms with Crippen molar-refractivity contribution in [2.24, 2.45) is 0 Å². The van der Waals surface area contributed by atoms with Crippen LogP contribution in [0.3, 0.4) is 0 Å². The van der Waals surface area contributed by atoms with Crippen LogP contribution in [0.5, 0.6) is 11.5 Å². The molecule has 0 spiro atoms. The minimum absolute atomic E-state index is 0.204. The fourth-order valence-corrected chi connectivity index (χ4v) is 4.14. The van der Waals surface area contributed by atoms with E-state index < -0.39 is 0 Å². The molecule has 168 valence electrons. The molecule has 2 amide bonds. The molecule has 0 aliphatic carbocycles. The molecule has 1 fully saturated rings. The molecular formula is C27H25NO4S. The Morgan fingerprint density at radius 3 is 2.27 bits per heavy atom. The molecule has 0 saturated carbocycles.